The lowest BCUT2D eigenvalue weighted by Crippen LogP contribution is -2.37. The number of halogens is 2. The molecule has 5 rings (SSSR count). The highest BCUT2D eigenvalue weighted by molar-refractivity contribution is 6.00. The van der Waals surface area contributed by atoms with Gasteiger partial charge < -0.3 is 9.64 Å². The number of methoxy groups -OCH3 is 1. The van der Waals surface area contributed by atoms with Gasteiger partial charge in [-0.25, -0.2) is 18.3 Å². The highest BCUT2D eigenvalue weighted by atomic mass is 19.3. The second kappa shape index (κ2) is 7.50. The number of carbonyl (C=O) groups excluding carboxylic acids is 1. The van der Waals surface area contributed by atoms with Gasteiger partial charge in [-0.3, -0.25) is 4.79 Å². The van der Waals surface area contributed by atoms with Crippen LogP contribution in [0.3, 0.4) is 0 Å². The molecule has 1 aliphatic heterocycles. The Bertz CT molecular complexity index is 1220. The van der Waals surface area contributed by atoms with E-state index >= 15 is 0 Å². The smallest absolute Gasteiger partial charge is 0.280 e. The van der Waals surface area contributed by atoms with Gasteiger partial charge in [0.05, 0.1) is 19.0 Å². The molecule has 1 saturated heterocycles. The van der Waals surface area contributed by atoms with Gasteiger partial charge in [0.2, 0.25) is 0 Å². The van der Waals surface area contributed by atoms with Crippen molar-refractivity contribution >= 4 is 11.6 Å². The van der Waals surface area contributed by atoms with Crippen molar-refractivity contribution in [1.29, 1.82) is 0 Å². The van der Waals surface area contributed by atoms with Gasteiger partial charge in [0, 0.05) is 18.2 Å². The van der Waals surface area contributed by atoms with Gasteiger partial charge in [0.25, 0.3) is 12.3 Å². The van der Waals surface area contributed by atoms with Crippen LogP contribution in [-0.4, -0.2) is 45.1 Å². The third-order valence-corrected chi connectivity index (χ3v) is 7.01. The number of rotatable bonds is 4. The third kappa shape index (κ3) is 3.75. The average molecular weight is 455 g/mol. The van der Waals surface area contributed by atoms with Crippen LogP contribution < -0.4 is 4.74 Å². The van der Waals surface area contributed by atoms with E-state index in [0.29, 0.717) is 23.6 Å². The molecule has 2 unspecified atom stereocenters. The molecular formula is C25H28F2N4O2. The summed E-state index contributed by atoms with van der Waals surface area (Å²) in [5, 5.41) is 4.13. The number of nitrogens with zero attached hydrogens (tertiary/aromatic N) is 4. The molecule has 1 aromatic carbocycles. The van der Waals surface area contributed by atoms with Crippen LogP contribution in [0.15, 0.2) is 36.5 Å². The Hall–Kier alpha value is -3.03. The van der Waals surface area contributed by atoms with Crippen LogP contribution in [0.1, 0.15) is 62.5 Å². The normalized spacial score (nSPS) is 24.0. The number of fused-ring (bicyclic) bond motifs is 3. The highest BCUT2D eigenvalue weighted by Gasteiger charge is 2.51. The van der Waals surface area contributed by atoms with E-state index in [2.05, 4.69) is 30.9 Å². The lowest BCUT2D eigenvalue weighted by atomic mass is 9.65. The van der Waals surface area contributed by atoms with Crippen molar-refractivity contribution in [3.63, 3.8) is 0 Å². The number of amides is 1. The second-order valence-corrected chi connectivity index (χ2v) is 10.5. The van der Waals surface area contributed by atoms with E-state index in [-0.39, 0.29) is 39.7 Å². The zero-order valence-corrected chi connectivity index (χ0v) is 19.3. The molecule has 6 nitrogen and oxygen atoms in total. The molecule has 2 atom stereocenters. The van der Waals surface area contributed by atoms with Gasteiger partial charge in [-0.2, -0.15) is 5.10 Å². The minimum absolute atomic E-state index is 0.0703. The molecule has 1 saturated carbocycles. The molecule has 3 heterocycles. The summed E-state index contributed by atoms with van der Waals surface area (Å²) in [7, 11) is 1.56. The van der Waals surface area contributed by atoms with E-state index in [1.54, 1.807) is 31.4 Å². The predicted octanol–water partition coefficient (Wildman–Crippen LogP) is 5.38. The van der Waals surface area contributed by atoms with E-state index < -0.39 is 6.43 Å². The van der Waals surface area contributed by atoms with E-state index in [1.165, 1.54) is 12.3 Å². The summed E-state index contributed by atoms with van der Waals surface area (Å²) < 4.78 is 34.1. The zero-order valence-electron chi connectivity index (χ0n) is 19.3. The lowest BCUT2D eigenvalue weighted by Gasteiger charge is -2.39. The molecule has 33 heavy (non-hydrogen) atoms. The largest absolute Gasteiger partial charge is 0.497 e. The van der Waals surface area contributed by atoms with Crippen molar-refractivity contribution in [3.05, 3.63) is 47.8 Å². The van der Waals surface area contributed by atoms with Crippen molar-refractivity contribution < 1.29 is 18.3 Å². The van der Waals surface area contributed by atoms with Crippen molar-refractivity contribution in [1.82, 2.24) is 19.5 Å². The minimum Gasteiger partial charge on any atom is -0.497 e. The maximum absolute atomic E-state index is 13.9. The molecular weight excluding hydrogens is 426 g/mol. The molecule has 0 spiro atoms. The molecule has 1 amide bonds. The van der Waals surface area contributed by atoms with E-state index in [4.69, 9.17) is 4.74 Å². The van der Waals surface area contributed by atoms with Gasteiger partial charge >= 0.3 is 0 Å². The van der Waals surface area contributed by atoms with Crippen LogP contribution >= 0.6 is 0 Å². The Kier molecular flexibility index (Phi) is 4.95. The van der Waals surface area contributed by atoms with E-state index in [9.17, 15) is 13.6 Å². The fraction of sp³-hybridized carbons (Fsp3) is 0.480. The summed E-state index contributed by atoms with van der Waals surface area (Å²) in [5.74, 6) is 0.474. The highest BCUT2D eigenvalue weighted by Crippen LogP contribution is 2.52. The van der Waals surface area contributed by atoms with Gasteiger partial charge in [0.1, 0.15) is 17.0 Å². The first-order chi connectivity index (χ1) is 15.6. The Labute approximate surface area is 191 Å². The Morgan fingerprint density at radius 3 is 2.58 bits per heavy atom. The van der Waals surface area contributed by atoms with E-state index in [0.717, 1.165) is 23.8 Å². The molecule has 0 radical (unpaired) electrons. The standard InChI is InChI=1S/C25H28F2N4O2/c1-24(2)10-16-11-25(3,13-24)14-30(16)23(32)18-12-28-31-20(21(26)27)9-19(29-22(18)31)15-5-7-17(33-4)8-6-15/h5-9,12,16,21H,10-11,13-14H2,1-4H3. The summed E-state index contributed by atoms with van der Waals surface area (Å²) in [6.07, 6.45) is 1.57. The van der Waals surface area contributed by atoms with E-state index in [1.807, 2.05) is 4.90 Å². The zero-order chi connectivity index (χ0) is 23.5. The molecule has 8 heteroatoms. The van der Waals surface area contributed by atoms with Crippen molar-refractivity contribution in [2.75, 3.05) is 13.7 Å². The number of ether oxygens (including phenoxy) is 1. The molecule has 2 fully saturated rings. The van der Waals surface area contributed by atoms with Gasteiger partial charge in [-0.05, 0) is 60.4 Å². The second-order valence-electron chi connectivity index (χ2n) is 10.5. The fourth-order valence-electron chi connectivity index (χ4n) is 6.05. The summed E-state index contributed by atoms with van der Waals surface area (Å²) in [6.45, 7) is 7.40. The van der Waals surface area contributed by atoms with Crippen molar-refractivity contribution in [2.45, 2.75) is 52.5 Å². The predicted molar refractivity (Wildman–Crippen MR) is 120 cm³/mol. The number of aromatic nitrogens is 3. The topological polar surface area (TPSA) is 59.7 Å². The van der Waals surface area contributed by atoms with Crippen molar-refractivity contribution in [3.8, 4) is 17.0 Å². The molecule has 2 aromatic heterocycles. The summed E-state index contributed by atoms with van der Waals surface area (Å²) in [5.41, 5.74) is 1.39. The van der Waals surface area contributed by atoms with Crippen LogP contribution in [0.2, 0.25) is 0 Å². The van der Waals surface area contributed by atoms with Crippen molar-refractivity contribution in [2.24, 2.45) is 10.8 Å². The lowest BCUT2D eigenvalue weighted by molar-refractivity contribution is 0.0709. The first-order valence-electron chi connectivity index (χ1n) is 11.2. The number of benzene rings is 1. The molecule has 3 aromatic rings. The van der Waals surface area contributed by atoms with Crippen LogP contribution in [0, 0.1) is 10.8 Å². The maximum atomic E-state index is 13.9. The summed E-state index contributed by atoms with van der Waals surface area (Å²) in [6, 6.07) is 8.49. The first kappa shape index (κ1) is 21.8. The van der Waals surface area contributed by atoms with Crippen LogP contribution in [0.5, 0.6) is 5.75 Å². The SMILES string of the molecule is COc1ccc(-c2cc(C(F)F)n3ncc(C(=O)N4CC5(C)CC4CC(C)(C)C5)c3n2)cc1. The molecule has 174 valence electrons. The molecule has 2 aliphatic rings. The van der Waals surface area contributed by atoms with Crippen LogP contribution in [-0.2, 0) is 0 Å². The minimum atomic E-state index is -2.76. The Morgan fingerprint density at radius 1 is 1.18 bits per heavy atom. The Balaban J connectivity index is 1.58. The molecule has 1 aliphatic carbocycles. The quantitative estimate of drug-likeness (QED) is 0.531. The number of likely N-dealkylation sites (tertiary alicyclic amines) is 1. The first-order valence-corrected chi connectivity index (χ1v) is 11.2. The van der Waals surface area contributed by atoms with Gasteiger partial charge in [-0.15, -0.1) is 0 Å². The molecule has 2 bridgehead atoms. The number of alkyl halides is 2. The third-order valence-electron chi connectivity index (χ3n) is 7.01. The Morgan fingerprint density at radius 2 is 1.91 bits per heavy atom. The fourth-order valence-corrected chi connectivity index (χ4v) is 6.05. The average Bonchev–Trinajstić information content (AvgIpc) is 3.29. The van der Waals surface area contributed by atoms with Gasteiger partial charge in [0.15, 0.2) is 5.65 Å². The summed E-state index contributed by atoms with van der Waals surface area (Å²) in [4.78, 5) is 20.2. The summed E-state index contributed by atoms with van der Waals surface area (Å²) >= 11 is 0. The van der Waals surface area contributed by atoms with Crippen LogP contribution in [0.25, 0.3) is 16.9 Å². The molecule has 0 N–H and O–H groups in total. The number of hydrogen-bond acceptors (Lipinski definition) is 4. The van der Waals surface area contributed by atoms with Gasteiger partial charge in [-0.1, -0.05) is 20.8 Å². The number of carbonyl (C=O) groups is 1. The van der Waals surface area contributed by atoms with Crippen LogP contribution in [0.4, 0.5) is 8.78 Å². The monoisotopic (exact) mass is 454 g/mol. The number of hydrogen-bond donors (Lipinski definition) is 0. The maximum Gasteiger partial charge on any atom is 0.280 e.